The third-order valence-electron chi connectivity index (χ3n) is 3.46. The van der Waals surface area contributed by atoms with E-state index >= 15 is 0 Å². The Morgan fingerprint density at radius 3 is 2.74 bits per heavy atom. The minimum atomic E-state index is -0.306. The number of hydrogen-bond acceptors (Lipinski definition) is 4. The third-order valence-corrected chi connectivity index (χ3v) is 4.40. The Bertz CT molecular complexity index is 683. The fourth-order valence-electron chi connectivity index (χ4n) is 2.30. The Morgan fingerprint density at radius 1 is 1.30 bits per heavy atom. The van der Waals surface area contributed by atoms with Crippen molar-refractivity contribution in [1.82, 2.24) is 14.8 Å². The lowest BCUT2D eigenvalue weighted by atomic mass is 10.3. The Kier molecular flexibility index (Phi) is 6.04. The Hall–Kier alpha value is -2.02. The summed E-state index contributed by atoms with van der Waals surface area (Å²) < 4.78 is 1.87. The van der Waals surface area contributed by atoms with Crippen molar-refractivity contribution >= 4 is 29.3 Å². The number of amides is 2. The fraction of sp³-hybridized carbons (Fsp3) is 0.438. The summed E-state index contributed by atoms with van der Waals surface area (Å²) in [6, 6.07) is 3.56. The summed E-state index contributed by atoms with van der Waals surface area (Å²) >= 11 is 1.83. The second-order valence-electron chi connectivity index (χ2n) is 5.13. The van der Waals surface area contributed by atoms with Gasteiger partial charge in [-0.05, 0) is 44.2 Å². The van der Waals surface area contributed by atoms with Crippen LogP contribution in [0.4, 0.5) is 16.3 Å². The van der Waals surface area contributed by atoms with E-state index in [2.05, 4.69) is 27.6 Å². The fourth-order valence-corrected chi connectivity index (χ4v) is 2.92. The Morgan fingerprint density at radius 2 is 2.09 bits per heavy atom. The molecule has 23 heavy (non-hydrogen) atoms. The first-order chi connectivity index (χ1) is 11.0. The van der Waals surface area contributed by atoms with Crippen LogP contribution < -0.4 is 10.6 Å². The van der Waals surface area contributed by atoms with Gasteiger partial charge in [0.05, 0.1) is 17.1 Å². The number of carbonyl (C=O) groups excluding carboxylic acids is 1. The van der Waals surface area contributed by atoms with Crippen LogP contribution in [0.1, 0.15) is 30.8 Å². The topological polar surface area (TPSA) is 71.8 Å². The van der Waals surface area contributed by atoms with E-state index in [1.807, 2.05) is 49.3 Å². The molecule has 2 N–H and O–H groups in total. The van der Waals surface area contributed by atoms with Crippen LogP contribution in [0.5, 0.6) is 0 Å². The van der Waals surface area contributed by atoms with Gasteiger partial charge in [0.15, 0.2) is 0 Å². The highest BCUT2D eigenvalue weighted by atomic mass is 32.2. The van der Waals surface area contributed by atoms with Crippen LogP contribution in [0.2, 0.25) is 0 Å². The van der Waals surface area contributed by atoms with Gasteiger partial charge in [-0.25, -0.2) is 9.78 Å². The van der Waals surface area contributed by atoms with Crippen molar-refractivity contribution in [2.24, 2.45) is 0 Å². The number of urea groups is 1. The predicted octanol–water partition coefficient (Wildman–Crippen LogP) is 3.81. The van der Waals surface area contributed by atoms with Gasteiger partial charge >= 0.3 is 6.03 Å². The molecule has 0 aliphatic rings. The van der Waals surface area contributed by atoms with Crippen molar-refractivity contribution < 1.29 is 4.79 Å². The SMILES string of the molecule is CCSCc1ccnc(NC(=O)Nc2c(C)nn(CC)c2C)c1. The zero-order valence-corrected chi connectivity index (χ0v) is 14.8. The van der Waals surface area contributed by atoms with E-state index in [9.17, 15) is 4.79 Å². The predicted molar refractivity (Wildman–Crippen MR) is 96.1 cm³/mol. The molecule has 2 amide bonds. The monoisotopic (exact) mass is 333 g/mol. The first-order valence-electron chi connectivity index (χ1n) is 7.69. The van der Waals surface area contributed by atoms with Crippen LogP contribution >= 0.6 is 11.8 Å². The average Bonchev–Trinajstić information content (AvgIpc) is 2.80. The molecule has 2 aromatic rings. The molecule has 2 aromatic heterocycles. The second-order valence-corrected chi connectivity index (χ2v) is 6.40. The highest BCUT2D eigenvalue weighted by molar-refractivity contribution is 7.98. The van der Waals surface area contributed by atoms with Crippen LogP contribution in [-0.2, 0) is 12.3 Å². The van der Waals surface area contributed by atoms with Gasteiger partial charge in [0, 0.05) is 18.5 Å². The van der Waals surface area contributed by atoms with E-state index in [0.717, 1.165) is 40.7 Å². The smallest absolute Gasteiger partial charge is 0.304 e. The van der Waals surface area contributed by atoms with Gasteiger partial charge in [-0.15, -0.1) is 0 Å². The highest BCUT2D eigenvalue weighted by Crippen LogP contribution is 2.20. The molecule has 0 aromatic carbocycles. The molecule has 0 fully saturated rings. The minimum absolute atomic E-state index is 0.306. The molecule has 6 nitrogen and oxygen atoms in total. The summed E-state index contributed by atoms with van der Waals surface area (Å²) in [6.45, 7) is 8.75. The van der Waals surface area contributed by atoms with Gasteiger partial charge in [-0.3, -0.25) is 10.00 Å². The van der Waals surface area contributed by atoms with Crippen LogP contribution in [-0.4, -0.2) is 26.5 Å². The number of aromatic nitrogens is 3. The van der Waals surface area contributed by atoms with Gasteiger partial charge in [-0.1, -0.05) is 6.92 Å². The van der Waals surface area contributed by atoms with Gasteiger partial charge in [0.1, 0.15) is 5.82 Å². The first kappa shape index (κ1) is 17.3. The molecule has 0 aliphatic carbocycles. The number of pyridine rings is 1. The number of thioether (sulfide) groups is 1. The molecule has 0 unspecified atom stereocenters. The van der Waals surface area contributed by atoms with Gasteiger partial charge < -0.3 is 5.32 Å². The molecule has 124 valence electrons. The molecule has 7 heteroatoms. The summed E-state index contributed by atoms with van der Waals surface area (Å²) in [5, 5.41) is 10.0. The molecule has 0 spiro atoms. The third kappa shape index (κ3) is 4.48. The van der Waals surface area contributed by atoms with Crippen molar-refractivity contribution in [3.05, 3.63) is 35.3 Å². The van der Waals surface area contributed by atoms with E-state index in [4.69, 9.17) is 0 Å². The van der Waals surface area contributed by atoms with Gasteiger partial charge in [-0.2, -0.15) is 16.9 Å². The Labute approximate surface area is 141 Å². The average molecular weight is 333 g/mol. The maximum absolute atomic E-state index is 12.2. The van der Waals surface area contributed by atoms with Crippen molar-refractivity contribution in [2.45, 2.75) is 40.0 Å². The zero-order chi connectivity index (χ0) is 16.8. The highest BCUT2D eigenvalue weighted by Gasteiger charge is 2.13. The van der Waals surface area contributed by atoms with Gasteiger partial charge in [0.2, 0.25) is 0 Å². The maximum Gasteiger partial charge on any atom is 0.324 e. The minimum Gasteiger partial charge on any atom is -0.304 e. The number of rotatable bonds is 6. The normalized spacial score (nSPS) is 10.6. The molecule has 0 bridgehead atoms. The molecule has 0 atom stereocenters. The molecule has 2 rings (SSSR count). The standard InChI is InChI=1S/C16H23N5OS/c1-5-21-12(4)15(11(3)20-21)19-16(22)18-14-9-13(7-8-17-14)10-23-6-2/h7-9H,5-6,10H2,1-4H3,(H2,17,18,19,22). The van der Waals surface area contributed by atoms with Crippen LogP contribution in [0, 0.1) is 13.8 Å². The van der Waals surface area contributed by atoms with Crippen LogP contribution in [0.25, 0.3) is 0 Å². The van der Waals surface area contributed by atoms with Crippen LogP contribution in [0.3, 0.4) is 0 Å². The molecular formula is C16H23N5OS. The summed E-state index contributed by atoms with van der Waals surface area (Å²) in [4.78, 5) is 16.4. The zero-order valence-electron chi connectivity index (χ0n) is 14.0. The van der Waals surface area contributed by atoms with Gasteiger partial charge in [0.25, 0.3) is 0 Å². The van der Waals surface area contributed by atoms with Crippen molar-refractivity contribution in [2.75, 3.05) is 16.4 Å². The van der Waals surface area contributed by atoms with E-state index in [1.54, 1.807) is 6.20 Å². The quantitative estimate of drug-likeness (QED) is 0.843. The number of carbonyl (C=O) groups is 1. The summed E-state index contributed by atoms with van der Waals surface area (Å²) in [7, 11) is 0. The lowest BCUT2D eigenvalue weighted by Gasteiger charge is -2.09. The molecule has 0 saturated heterocycles. The Balaban J connectivity index is 2.04. The molecular weight excluding hydrogens is 310 g/mol. The lowest BCUT2D eigenvalue weighted by Crippen LogP contribution is -2.21. The number of aryl methyl sites for hydroxylation is 2. The number of nitrogens with zero attached hydrogens (tertiary/aromatic N) is 3. The largest absolute Gasteiger partial charge is 0.324 e. The maximum atomic E-state index is 12.2. The lowest BCUT2D eigenvalue weighted by molar-refractivity contribution is 0.262. The van der Waals surface area contributed by atoms with Crippen molar-refractivity contribution in [3.63, 3.8) is 0 Å². The molecule has 0 aliphatic heterocycles. The molecule has 2 heterocycles. The number of nitrogens with one attached hydrogen (secondary N) is 2. The van der Waals surface area contributed by atoms with E-state index < -0.39 is 0 Å². The van der Waals surface area contributed by atoms with Crippen molar-refractivity contribution in [1.29, 1.82) is 0 Å². The van der Waals surface area contributed by atoms with Crippen molar-refractivity contribution in [3.8, 4) is 0 Å². The first-order valence-corrected chi connectivity index (χ1v) is 8.85. The molecule has 0 saturated carbocycles. The summed E-state index contributed by atoms with van der Waals surface area (Å²) in [6.07, 6.45) is 1.72. The number of hydrogen-bond donors (Lipinski definition) is 2. The second kappa shape index (κ2) is 8.01. The summed E-state index contributed by atoms with van der Waals surface area (Å²) in [5.74, 6) is 2.53. The van der Waals surface area contributed by atoms with E-state index in [1.165, 1.54) is 0 Å². The van der Waals surface area contributed by atoms with E-state index in [0.29, 0.717) is 5.82 Å². The number of anilines is 2. The van der Waals surface area contributed by atoms with E-state index in [-0.39, 0.29) is 6.03 Å². The molecule has 0 radical (unpaired) electrons. The summed E-state index contributed by atoms with van der Waals surface area (Å²) in [5.41, 5.74) is 3.65. The van der Waals surface area contributed by atoms with Crippen LogP contribution in [0.15, 0.2) is 18.3 Å².